The van der Waals surface area contributed by atoms with Crippen molar-refractivity contribution in [2.24, 2.45) is 0 Å². The van der Waals surface area contributed by atoms with E-state index in [-0.39, 0.29) is 0 Å². The third kappa shape index (κ3) is 3.44. The second kappa shape index (κ2) is 6.76. The maximum Gasteiger partial charge on any atom is 0.225 e. The highest BCUT2D eigenvalue weighted by atomic mass is 79.9. The Hall–Kier alpha value is -1.82. The van der Waals surface area contributed by atoms with Gasteiger partial charge in [0.05, 0.1) is 32.0 Å². The lowest BCUT2D eigenvalue weighted by Gasteiger charge is -2.15. The molecule has 0 aliphatic carbocycles. The molecule has 0 atom stereocenters. The summed E-state index contributed by atoms with van der Waals surface area (Å²) >= 11 is 3.59. The largest absolute Gasteiger partial charge is 0.481 e. The Morgan fingerprint density at radius 2 is 1.71 bits per heavy atom. The van der Waals surface area contributed by atoms with Gasteiger partial charge in [-0.05, 0) is 47.0 Å². The third-order valence-corrected chi connectivity index (χ3v) is 3.75. The lowest BCUT2D eigenvalue weighted by Crippen LogP contribution is -2.08. The zero-order valence-corrected chi connectivity index (χ0v) is 14.1. The Bertz CT molecular complexity index is 602. The van der Waals surface area contributed by atoms with E-state index in [0.717, 1.165) is 21.3 Å². The number of methoxy groups -OCH3 is 2. The molecule has 2 rings (SSSR count). The first kappa shape index (κ1) is 15.6. The van der Waals surface area contributed by atoms with Crippen molar-refractivity contribution in [3.8, 4) is 11.8 Å². The van der Waals surface area contributed by atoms with Crippen molar-refractivity contribution in [3.63, 3.8) is 0 Å². The minimum Gasteiger partial charge on any atom is -0.481 e. The molecule has 0 bridgehead atoms. The number of benzene rings is 1. The number of hydrogen-bond acceptors (Lipinski definition) is 5. The van der Waals surface area contributed by atoms with Crippen LogP contribution in [0, 0.1) is 13.8 Å². The van der Waals surface area contributed by atoms with Crippen LogP contribution in [0.25, 0.3) is 0 Å². The molecule has 5 nitrogen and oxygen atoms in total. The normalized spacial score (nSPS) is 10.3. The van der Waals surface area contributed by atoms with Crippen LogP contribution in [0.2, 0.25) is 0 Å². The molecule has 0 fully saturated rings. The molecule has 6 heteroatoms. The zero-order chi connectivity index (χ0) is 15.4. The molecule has 1 aromatic heterocycles. The van der Waals surface area contributed by atoms with E-state index in [0.29, 0.717) is 18.3 Å². The Kier molecular flexibility index (Phi) is 5.01. The van der Waals surface area contributed by atoms with Crippen LogP contribution in [0.15, 0.2) is 22.9 Å². The van der Waals surface area contributed by atoms with E-state index in [9.17, 15) is 0 Å². The van der Waals surface area contributed by atoms with Crippen LogP contribution in [0.1, 0.15) is 16.7 Å². The first-order valence-electron chi connectivity index (χ1n) is 6.49. The molecule has 1 heterocycles. The van der Waals surface area contributed by atoms with Crippen LogP contribution in [0.3, 0.4) is 0 Å². The summed E-state index contributed by atoms with van der Waals surface area (Å²) in [5.74, 6) is 1.02. The number of nitrogens with one attached hydrogen (secondary N) is 1. The Morgan fingerprint density at radius 1 is 1.10 bits per heavy atom. The summed E-state index contributed by atoms with van der Waals surface area (Å²) < 4.78 is 11.6. The zero-order valence-electron chi connectivity index (χ0n) is 12.5. The quantitative estimate of drug-likeness (QED) is 0.893. The summed E-state index contributed by atoms with van der Waals surface area (Å²) in [4.78, 5) is 8.22. The minimum atomic E-state index is 0.509. The van der Waals surface area contributed by atoms with Gasteiger partial charge in [0.15, 0.2) is 0 Å². The van der Waals surface area contributed by atoms with Gasteiger partial charge < -0.3 is 14.8 Å². The molecular weight excluding hydrogens is 334 g/mol. The first-order valence-corrected chi connectivity index (χ1v) is 7.28. The number of halogens is 1. The first-order chi connectivity index (χ1) is 10.1. The molecule has 0 amide bonds. The summed E-state index contributed by atoms with van der Waals surface area (Å²) in [7, 11) is 3.16. The monoisotopic (exact) mass is 351 g/mol. The van der Waals surface area contributed by atoms with E-state index >= 15 is 0 Å². The van der Waals surface area contributed by atoms with Gasteiger partial charge in [-0.15, -0.1) is 0 Å². The van der Waals surface area contributed by atoms with Crippen molar-refractivity contribution in [3.05, 3.63) is 39.6 Å². The van der Waals surface area contributed by atoms with Gasteiger partial charge in [0.25, 0.3) is 0 Å². The highest BCUT2D eigenvalue weighted by Gasteiger charge is 2.14. The molecule has 1 aromatic carbocycles. The van der Waals surface area contributed by atoms with Gasteiger partial charge in [-0.1, -0.05) is 6.07 Å². The van der Waals surface area contributed by atoms with Crippen LogP contribution in [-0.2, 0) is 6.54 Å². The third-order valence-electron chi connectivity index (χ3n) is 3.13. The fraction of sp³-hybridized carbons (Fsp3) is 0.333. The second-order valence-electron chi connectivity index (χ2n) is 4.66. The number of hydrogen-bond donors (Lipinski definition) is 1. The van der Waals surface area contributed by atoms with Crippen LogP contribution in [-0.4, -0.2) is 24.2 Å². The van der Waals surface area contributed by atoms with Crippen molar-refractivity contribution in [1.82, 2.24) is 9.97 Å². The topological polar surface area (TPSA) is 56.3 Å². The molecular formula is C15H18BrN3O2. The number of aromatic nitrogens is 2. The Morgan fingerprint density at radius 3 is 2.24 bits per heavy atom. The summed E-state index contributed by atoms with van der Waals surface area (Å²) in [5.41, 5.74) is 4.20. The summed E-state index contributed by atoms with van der Waals surface area (Å²) in [6.07, 6.45) is 1.42. The van der Waals surface area contributed by atoms with Gasteiger partial charge in [0.2, 0.25) is 11.8 Å². The summed E-state index contributed by atoms with van der Waals surface area (Å²) in [6.45, 7) is 4.64. The molecule has 0 aliphatic rings. The number of aryl methyl sites for hydroxylation is 2. The molecule has 112 valence electrons. The van der Waals surface area contributed by atoms with Crippen molar-refractivity contribution in [2.45, 2.75) is 20.4 Å². The van der Waals surface area contributed by atoms with Crippen molar-refractivity contribution < 1.29 is 9.47 Å². The van der Waals surface area contributed by atoms with Gasteiger partial charge in [-0.25, -0.2) is 9.97 Å². The number of rotatable bonds is 5. The molecule has 21 heavy (non-hydrogen) atoms. The van der Waals surface area contributed by atoms with E-state index in [2.05, 4.69) is 57.2 Å². The fourth-order valence-corrected chi connectivity index (χ4v) is 3.01. The van der Waals surface area contributed by atoms with E-state index in [4.69, 9.17) is 9.47 Å². The van der Waals surface area contributed by atoms with Crippen molar-refractivity contribution in [1.29, 1.82) is 0 Å². The summed E-state index contributed by atoms with van der Waals surface area (Å²) in [6, 6.07) is 4.20. The van der Waals surface area contributed by atoms with E-state index in [1.54, 1.807) is 14.2 Å². The van der Waals surface area contributed by atoms with Crippen molar-refractivity contribution >= 4 is 21.6 Å². The van der Waals surface area contributed by atoms with Gasteiger partial charge in [0, 0.05) is 4.47 Å². The van der Waals surface area contributed by atoms with E-state index in [1.807, 2.05) is 0 Å². The number of nitrogens with zero attached hydrogens (tertiary/aromatic N) is 2. The second-order valence-corrected chi connectivity index (χ2v) is 5.52. The van der Waals surface area contributed by atoms with Crippen LogP contribution < -0.4 is 14.8 Å². The lowest BCUT2D eigenvalue weighted by atomic mass is 10.1. The molecule has 0 spiro atoms. The number of ether oxygens (including phenoxy) is 2. The molecule has 0 aliphatic heterocycles. The lowest BCUT2D eigenvalue weighted by molar-refractivity contribution is 0.363. The average Bonchev–Trinajstić information content (AvgIpc) is 2.45. The van der Waals surface area contributed by atoms with Crippen LogP contribution in [0.4, 0.5) is 5.69 Å². The SMILES string of the molecule is COc1ncnc(OC)c1CNc1c(C)cc(C)cc1Br. The summed E-state index contributed by atoms with van der Waals surface area (Å²) in [5, 5.41) is 3.39. The van der Waals surface area contributed by atoms with Crippen molar-refractivity contribution in [2.75, 3.05) is 19.5 Å². The molecule has 0 saturated carbocycles. The standard InChI is InChI=1S/C15H18BrN3O2/c1-9-5-10(2)13(12(16)6-9)17-7-11-14(20-3)18-8-19-15(11)21-4/h5-6,8,17H,7H2,1-4H3. The Balaban J connectivity index is 2.28. The van der Waals surface area contributed by atoms with Gasteiger partial charge in [0.1, 0.15) is 6.33 Å². The average molecular weight is 352 g/mol. The minimum absolute atomic E-state index is 0.509. The van der Waals surface area contributed by atoms with E-state index in [1.165, 1.54) is 11.9 Å². The molecule has 0 saturated heterocycles. The highest BCUT2D eigenvalue weighted by molar-refractivity contribution is 9.10. The van der Waals surface area contributed by atoms with Crippen LogP contribution in [0.5, 0.6) is 11.8 Å². The predicted octanol–water partition coefficient (Wildman–Crippen LogP) is 3.49. The molecule has 2 aromatic rings. The molecule has 0 radical (unpaired) electrons. The van der Waals surface area contributed by atoms with Gasteiger partial charge in [-0.2, -0.15) is 0 Å². The van der Waals surface area contributed by atoms with E-state index < -0.39 is 0 Å². The molecule has 0 unspecified atom stereocenters. The maximum absolute atomic E-state index is 5.27. The Labute approximate surface area is 132 Å². The van der Waals surface area contributed by atoms with Gasteiger partial charge in [-0.3, -0.25) is 0 Å². The fourth-order valence-electron chi connectivity index (χ4n) is 2.20. The number of anilines is 1. The van der Waals surface area contributed by atoms with Gasteiger partial charge >= 0.3 is 0 Å². The smallest absolute Gasteiger partial charge is 0.225 e. The van der Waals surface area contributed by atoms with Crippen LogP contribution >= 0.6 is 15.9 Å². The predicted molar refractivity (Wildman–Crippen MR) is 86.1 cm³/mol. The molecule has 1 N–H and O–H groups in total. The maximum atomic E-state index is 5.27. The highest BCUT2D eigenvalue weighted by Crippen LogP contribution is 2.30.